The molecule has 13 heteroatoms. The third-order valence-electron chi connectivity index (χ3n) is 7.39. The zero-order valence-electron chi connectivity index (χ0n) is 25.3. The van der Waals surface area contributed by atoms with E-state index < -0.39 is 29.7 Å². The predicted octanol–water partition coefficient (Wildman–Crippen LogP) is 5.19. The Bertz CT molecular complexity index is 1580. The number of benzene rings is 2. The number of aliphatic hydroxyl groups excluding tert-OH is 1. The smallest absolute Gasteiger partial charge is 0.339 e. The second-order valence-corrected chi connectivity index (χ2v) is 11.1. The molecule has 1 aliphatic rings. The maximum atomic E-state index is 14.2. The molecule has 10 nitrogen and oxygen atoms in total. The molecule has 2 heterocycles. The first-order valence-electron chi connectivity index (χ1n) is 14.7. The number of ether oxygens (including phenoxy) is 1. The van der Waals surface area contributed by atoms with Crippen molar-refractivity contribution in [3.05, 3.63) is 112 Å². The van der Waals surface area contributed by atoms with E-state index in [1.54, 1.807) is 24.3 Å². The summed E-state index contributed by atoms with van der Waals surface area (Å²) in [6, 6.07) is 11.7. The van der Waals surface area contributed by atoms with Crippen LogP contribution in [-0.4, -0.2) is 51.1 Å². The lowest BCUT2D eigenvalue weighted by Gasteiger charge is -2.29. The molecule has 242 valence electrons. The topological polar surface area (TPSA) is 152 Å². The molecule has 0 saturated heterocycles. The molecule has 0 fully saturated rings. The second kappa shape index (κ2) is 16.2. The van der Waals surface area contributed by atoms with Crippen molar-refractivity contribution in [2.24, 2.45) is 0 Å². The minimum Gasteiger partial charge on any atom is -0.465 e. The van der Waals surface area contributed by atoms with E-state index in [4.69, 9.17) is 17.3 Å². The highest BCUT2D eigenvalue weighted by Gasteiger charge is 2.27. The minimum absolute atomic E-state index is 0.0885. The molecule has 3 unspecified atom stereocenters. The monoisotopic (exact) mass is 652 g/mol. The molecule has 5 N–H and O–H groups in total. The Hall–Kier alpha value is -4.52. The molecule has 2 aromatic carbocycles. The molecule has 4 aromatic rings. The van der Waals surface area contributed by atoms with Crippen molar-refractivity contribution in [2.45, 2.75) is 57.2 Å². The van der Waals surface area contributed by atoms with E-state index >= 15 is 0 Å². The van der Waals surface area contributed by atoms with Crippen LogP contribution in [0.3, 0.4) is 0 Å². The first-order chi connectivity index (χ1) is 22.1. The number of aliphatic hydroxyl groups is 1. The van der Waals surface area contributed by atoms with Crippen LogP contribution in [0.1, 0.15) is 65.0 Å². The fourth-order valence-corrected chi connectivity index (χ4v) is 5.14. The zero-order valence-corrected chi connectivity index (χ0v) is 26.1. The third kappa shape index (κ3) is 9.25. The van der Waals surface area contributed by atoms with Crippen molar-refractivity contribution in [3.63, 3.8) is 0 Å². The third-order valence-corrected chi connectivity index (χ3v) is 7.64. The highest BCUT2D eigenvalue weighted by atomic mass is 35.5. The number of hydrogen-bond donors (Lipinski definition) is 4. The standard InChI is InChI=1S/C22H25F2N3O3.C11H10ClN3O/c1-3-4-19(21(28)27-20-8-6-14(12-25-20)22(29)30-2)26-16-7-5-13-9-15(23)10-18(24)17(13)11-16;12-8-3-1-7(2-4-8)11(16)9-5-15-10(13)6-14-9/h6,8-10,12,16,19,26H,3-5,7,11H2,1-2H3,(H,25,27,28);1-6,11,16H,(H2,13,15). The van der Waals surface area contributed by atoms with Gasteiger partial charge in [0.25, 0.3) is 0 Å². The average Bonchev–Trinajstić information content (AvgIpc) is 3.05. The summed E-state index contributed by atoms with van der Waals surface area (Å²) in [7, 11) is 1.28. The molecule has 5 rings (SSSR count). The molecule has 2 aromatic heterocycles. The summed E-state index contributed by atoms with van der Waals surface area (Å²) in [6.45, 7) is 1.98. The van der Waals surface area contributed by atoms with E-state index in [1.807, 2.05) is 6.92 Å². The first kappa shape index (κ1) is 34.4. The molecule has 0 bridgehead atoms. The van der Waals surface area contributed by atoms with Gasteiger partial charge in [0.1, 0.15) is 29.4 Å². The molecule has 0 spiro atoms. The van der Waals surface area contributed by atoms with Crippen molar-refractivity contribution in [2.75, 3.05) is 18.2 Å². The summed E-state index contributed by atoms with van der Waals surface area (Å²) in [5.74, 6) is -1.20. The van der Waals surface area contributed by atoms with Gasteiger partial charge < -0.3 is 26.2 Å². The van der Waals surface area contributed by atoms with Crippen LogP contribution in [-0.2, 0) is 22.4 Å². The van der Waals surface area contributed by atoms with Gasteiger partial charge in [-0.25, -0.2) is 23.5 Å². The molecular weight excluding hydrogens is 618 g/mol. The number of hydrogen-bond acceptors (Lipinski definition) is 9. The average molecular weight is 653 g/mol. The van der Waals surface area contributed by atoms with Crippen molar-refractivity contribution in [3.8, 4) is 0 Å². The molecule has 3 atom stereocenters. The number of aryl methyl sites for hydroxylation is 1. The summed E-state index contributed by atoms with van der Waals surface area (Å²) < 4.78 is 32.2. The number of amides is 1. The number of esters is 1. The van der Waals surface area contributed by atoms with Gasteiger partial charge in [0.2, 0.25) is 5.91 Å². The summed E-state index contributed by atoms with van der Waals surface area (Å²) in [5, 5.41) is 16.7. The van der Waals surface area contributed by atoms with Crippen molar-refractivity contribution >= 4 is 35.1 Å². The molecule has 1 amide bonds. The van der Waals surface area contributed by atoms with Crippen LogP contribution >= 0.6 is 11.6 Å². The first-order valence-corrected chi connectivity index (χ1v) is 15.0. The molecule has 1 aliphatic carbocycles. The largest absolute Gasteiger partial charge is 0.465 e. The number of methoxy groups -OCH3 is 1. The Balaban J connectivity index is 0.000000252. The number of carbonyl (C=O) groups is 2. The van der Waals surface area contributed by atoms with E-state index in [2.05, 4.69) is 30.3 Å². The number of nitrogen functional groups attached to an aromatic ring is 1. The summed E-state index contributed by atoms with van der Waals surface area (Å²) in [6.07, 6.45) is 6.41. The van der Waals surface area contributed by atoms with E-state index in [0.29, 0.717) is 64.7 Å². The summed E-state index contributed by atoms with van der Waals surface area (Å²) in [5.41, 5.74) is 8.07. The fourth-order valence-electron chi connectivity index (χ4n) is 5.02. The maximum Gasteiger partial charge on any atom is 0.339 e. The summed E-state index contributed by atoms with van der Waals surface area (Å²) >= 11 is 5.76. The SMILES string of the molecule is CCCC(NC1CCc2cc(F)cc(F)c2C1)C(=O)Nc1ccc(C(=O)OC)cn1.Nc1cnc(C(O)c2ccc(Cl)cc2)cn1. The minimum atomic E-state index is -0.814. The number of pyridine rings is 1. The Morgan fingerprint density at radius 2 is 1.85 bits per heavy atom. The van der Waals surface area contributed by atoms with Gasteiger partial charge in [0.05, 0.1) is 36.8 Å². The highest BCUT2D eigenvalue weighted by molar-refractivity contribution is 6.30. The van der Waals surface area contributed by atoms with Gasteiger partial charge in [-0.15, -0.1) is 0 Å². The number of carbonyl (C=O) groups excluding carboxylic acids is 2. The Morgan fingerprint density at radius 1 is 1.09 bits per heavy atom. The normalized spacial score (nSPS) is 15.0. The lowest BCUT2D eigenvalue weighted by atomic mass is 9.87. The van der Waals surface area contributed by atoms with Crippen LogP contribution in [0.2, 0.25) is 5.02 Å². The number of nitrogens with one attached hydrogen (secondary N) is 2. The van der Waals surface area contributed by atoms with Crippen molar-refractivity contribution in [1.29, 1.82) is 0 Å². The van der Waals surface area contributed by atoms with Crippen molar-refractivity contribution < 1.29 is 28.2 Å². The maximum absolute atomic E-state index is 14.2. The number of halogens is 3. The van der Waals surface area contributed by atoms with Gasteiger partial charge in [0.15, 0.2) is 0 Å². The zero-order chi connectivity index (χ0) is 33.2. The fraction of sp³-hybridized carbons (Fsp3) is 0.303. The Kier molecular flexibility index (Phi) is 12.1. The number of rotatable bonds is 9. The predicted molar refractivity (Wildman–Crippen MR) is 170 cm³/mol. The second-order valence-electron chi connectivity index (χ2n) is 10.7. The van der Waals surface area contributed by atoms with Crippen molar-refractivity contribution in [1.82, 2.24) is 20.3 Å². The Labute approximate surface area is 270 Å². The van der Waals surface area contributed by atoms with Gasteiger partial charge in [-0.05, 0) is 72.7 Å². The Morgan fingerprint density at radius 3 is 2.48 bits per heavy atom. The van der Waals surface area contributed by atoms with Gasteiger partial charge in [-0.1, -0.05) is 37.1 Å². The molecule has 46 heavy (non-hydrogen) atoms. The number of aromatic nitrogens is 3. The van der Waals surface area contributed by atoms with Crippen LogP contribution in [0, 0.1) is 11.6 Å². The number of nitrogens with two attached hydrogens (primary N) is 1. The summed E-state index contributed by atoms with van der Waals surface area (Å²) in [4.78, 5) is 36.2. The van der Waals surface area contributed by atoms with Crippen LogP contribution in [0.5, 0.6) is 0 Å². The van der Waals surface area contributed by atoms with Crippen LogP contribution in [0.4, 0.5) is 20.4 Å². The van der Waals surface area contributed by atoms with Gasteiger partial charge in [-0.3, -0.25) is 9.78 Å². The van der Waals surface area contributed by atoms with Gasteiger partial charge in [0, 0.05) is 23.3 Å². The number of fused-ring (bicyclic) bond motifs is 1. The number of nitrogens with zero attached hydrogens (tertiary/aromatic N) is 3. The van der Waals surface area contributed by atoms with Gasteiger partial charge >= 0.3 is 5.97 Å². The molecule has 0 radical (unpaired) electrons. The highest BCUT2D eigenvalue weighted by Crippen LogP contribution is 2.26. The number of anilines is 2. The van der Waals surface area contributed by atoms with E-state index in [0.717, 1.165) is 12.5 Å². The van der Waals surface area contributed by atoms with Crippen LogP contribution in [0.25, 0.3) is 0 Å². The van der Waals surface area contributed by atoms with Gasteiger partial charge in [-0.2, -0.15) is 0 Å². The van der Waals surface area contributed by atoms with Crippen LogP contribution < -0.4 is 16.4 Å². The van der Waals surface area contributed by atoms with E-state index in [1.165, 1.54) is 43.9 Å². The van der Waals surface area contributed by atoms with E-state index in [9.17, 15) is 23.5 Å². The lowest BCUT2D eigenvalue weighted by molar-refractivity contribution is -0.118. The molecule has 0 aliphatic heterocycles. The van der Waals surface area contributed by atoms with E-state index in [-0.39, 0.29) is 17.5 Å². The molecular formula is C33H35ClF2N6O4. The molecule has 0 saturated carbocycles. The quantitative estimate of drug-likeness (QED) is 0.179. The lowest BCUT2D eigenvalue weighted by Crippen LogP contribution is -2.48. The van der Waals surface area contributed by atoms with Crippen LogP contribution in [0.15, 0.2) is 67.1 Å².